The molecular formula is C27H23Cl2N5O2. The average molecular weight is 520 g/mol. The molecule has 0 aliphatic carbocycles. The lowest BCUT2D eigenvalue weighted by atomic mass is 9.95. The molecule has 0 fully saturated rings. The number of rotatable bonds is 6. The molecule has 7 nitrogen and oxygen atoms in total. The highest BCUT2D eigenvalue weighted by molar-refractivity contribution is 6.35. The highest BCUT2D eigenvalue weighted by Crippen LogP contribution is 2.36. The average Bonchev–Trinajstić information content (AvgIpc) is 3.32. The standard InChI is InChI=1S/C27H23Cl2N5O2/c1-16-5-3-4-6-23(16)33-26(35)24-17(2)32-27-30-15-31-34(27)25(24)18-8-11-21(12-9-18)36-14-19-7-10-20(28)13-22(19)29/h3-13,15,25H,14H2,1-2H3,(H,33,35)(H,30,31,32)/t25-/m1/s1. The van der Waals surface area contributed by atoms with Crippen LogP contribution in [0.2, 0.25) is 10.0 Å². The van der Waals surface area contributed by atoms with Gasteiger partial charge in [0, 0.05) is 27.0 Å². The van der Waals surface area contributed by atoms with Gasteiger partial charge in [-0.25, -0.2) is 4.68 Å². The SMILES string of the molecule is CC1=C(C(=O)Nc2ccccc2C)[C@@H](c2ccc(OCc3ccc(Cl)cc3Cl)cc2)n2ncnc2N1. The molecule has 0 unspecified atom stereocenters. The highest BCUT2D eigenvalue weighted by Gasteiger charge is 2.33. The third kappa shape index (κ3) is 4.80. The molecule has 4 aromatic rings. The predicted molar refractivity (Wildman–Crippen MR) is 142 cm³/mol. The van der Waals surface area contributed by atoms with Crippen LogP contribution in [0, 0.1) is 6.92 Å². The number of halogens is 2. The van der Waals surface area contributed by atoms with Crippen molar-refractivity contribution in [3.05, 3.63) is 111 Å². The second-order valence-corrected chi connectivity index (χ2v) is 9.30. The molecule has 0 bridgehead atoms. The summed E-state index contributed by atoms with van der Waals surface area (Å²) in [7, 11) is 0. The Morgan fingerprint density at radius 1 is 1.08 bits per heavy atom. The van der Waals surface area contributed by atoms with Gasteiger partial charge in [-0.15, -0.1) is 0 Å². The molecule has 1 atom stereocenters. The van der Waals surface area contributed by atoms with Crippen molar-refractivity contribution in [1.82, 2.24) is 14.8 Å². The van der Waals surface area contributed by atoms with Crippen LogP contribution in [0.25, 0.3) is 0 Å². The molecule has 9 heteroatoms. The summed E-state index contributed by atoms with van der Waals surface area (Å²) < 4.78 is 7.64. The van der Waals surface area contributed by atoms with Gasteiger partial charge in [-0.1, -0.05) is 59.6 Å². The Balaban J connectivity index is 1.41. The van der Waals surface area contributed by atoms with Crippen LogP contribution in [-0.2, 0) is 11.4 Å². The number of aryl methyl sites for hydroxylation is 1. The molecule has 3 aromatic carbocycles. The minimum Gasteiger partial charge on any atom is -0.489 e. The first-order valence-electron chi connectivity index (χ1n) is 11.3. The summed E-state index contributed by atoms with van der Waals surface area (Å²) in [6.45, 7) is 4.13. The lowest BCUT2D eigenvalue weighted by Gasteiger charge is -2.29. The van der Waals surface area contributed by atoms with Gasteiger partial charge in [0.05, 0.1) is 5.57 Å². The second-order valence-electron chi connectivity index (χ2n) is 8.46. The molecule has 5 rings (SSSR count). The number of hydrogen-bond acceptors (Lipinski definition) is 5. The molecule has 0 radical (unpaired) electrons. The van der Waals surface area contributed by atoms with Crippen LogP contribution in [0.3, 0.4) is 0 Å². The number of hydrogen-bond donors (Lipinski definition) is 2. The quantitative estimate of drug-likeness (QED) is 0.308. The van der Waals surface area contributed by atoms with Crippen molar-refractivity contribution < 1.29 is 9.53 Å². The van der Waals surface area contributed by atoms with Gasteiger partial charge in [-0.05, 0) is 55.3 Å². The second kappa shape index (κ2) is 10.0. The molecule has 0 saturated heterocycles. The molecule has 1 amide bonds. The monoisotopic (exact) mass is 519 g/mol. The molecule has 1 aliphatic rings. The van der Waals surface area contributed by atoms with Gasteiger partial charge in [-0.3, -0.25) is 4.79 Å². The third-order valence-electron chi connectivity index (χ3n) is 6.04. The van der Waals surface area contributed by atoms with E-state index in [1.807, 2.05) is 68.4 Å². The molecule has 1 aliphatic heterocycles. The lowest BCUT2D eigenvalue weighted by Crippen LogP contribution is -2.31. The smallest absolute Gasteiger partial charge is 0.255 e. The minimum atomic E-state index is -0.465. The Labute approximate surface area is 218 Å². The maximum Gasteiger partial charge on any atom is 0.255 e. The fourth-order valence-electron chi connectivity index (χ4n) is 4.14. The van der Waals surface area contributed by atoms with E-state index >= 15 is 0 Å². The summed E-state index contributed by atoms with van der Waals surface area (Å²) in [5, 5.41) is 11.8. The number of anilines is 2. The zero-order valence-electron chi connectivity index (χ0n) is 19.6. The van der Waals surface area contributed by atoms with Crippen LogP contribution < -0.4 is 15.4 Å². The van der Waals surface area contributed by atoms with Crippen LogP contribution in [0.5, 0.6) is 5.75 Å². The number of nitrogens with zero attached hydrogens (tertiary/aromatic N) is 3. The minimum absolute atomic E-state index is 0.210. The van der Waals surface area contributed by atoms with E-state index in [9.17, 15) is 4.79 Å². The van der Waals surface area contributed by atoms with Crippen LogP contribution in [0.1, 0.15) is 29.7 Å². The number of ether oxygens (including phenoxy) is 1. The maximum atomic E-state index is 13.5. The van der Waals surface area contributed by atoms with Crippen molar-refractivity contribution in [2.75, 3.05) is 10.6 Å². The van der Waals surface area contributed by atoms with E-state index in [1.165, 1.54) is 6.33 Å². The fraction of sp³-hybridized carbons (Fsp3) is 0.148. The van der Waals surface area contributed by atoms with Crippen molar-refractivity contribution in [2.45, 2.75) is 26.5 Å². The normalized spacial score (nSPS) is 14.7. The fourth-order valence-corrected chi connectivity index (χ4v) is 4.61. The van der Waals surface area contributed by atoms with E-state index < -0.39 is 6.04 Å². The molecule has 2 heterocycles. The summed E-state index contributed by atoms with van der Waals surface area (Å²) in [6, 6.07) is 20.1. The molecule has 182 valence electrons. The van der Waals surface area contributed by atoms with E-state index in [-0.39, 0.29) is 5.91 Å². The number of amides is 1. The number of nitrogens with one attached hydrogen (secondary N) is 2. The Kier molecular flexibility index (Phi) is 6.67. The zero-order chi connectivity index (χ0) is 25.2. The first-order chi connectivity index (χ1) is 17.4. The van der Waals surface area contributed by atoms with Crippen molar-refractivity contribution in [2.24, 2.45) is 0 Å². The van der Waals surface area contributed by atoms with E-state index in [0.717, 1.165) is 22.4 Å². The third-order valence-corrected chi connectivity index (χ3v) is 6.62. The molecule has 0 spiro atoms. The van der Waals surface area contributed by atoms with Gasteiger partial charge >= 0.3 is 0 Å². The molecule has 36 heavy (non-hydrogen) atoms. The Morgan fingerprint density at radius 2 is 1.86 bits per heavy atom. The number of benzene rings is 3. The van der Waals surface area contributed by atoms with Gasteiger partial charge in [0.1, 0.15) is 24.7 Å². The van der Waals surface area contributed by atoms with Crippen LogP contribution in [-0.4, -0.2) is 20.7 Å². The van der Waals surface area contributed by atoms with Crippen molar-refractivity contribution >= 4 is 40.7 Å². The molecule has 0 saturated carbocycles. The number of carbonyl (C=O) groups excluding carboxylic acids is 1. The lowest BCUT2D eigenvalue weighted by molar-refractivity contribution is -0.113. The van der Waals surface area contributed by atoms with E-state index in [0.29, 0.717) is 39.6 Å². The Hall–Kier alpha value is -3.81. The summed E-state index contributed by atoms with van der Waals surface area (Å²) in [5.41, 5.74) is 4.71. The van der Waals surface area contributed by atoms with Crippen molar-refractivity contribution in [3.8, 4) is 5.75 Å². The first kappa shape index (κ1) is 23.9. The van der Waals surface area contributed by atoms with Gasteiger partial charge in [-0.2, -0.15) is 10.1 Å². The van der Waals surface area contributed by atoms with Crippen LogP contribution in [0.4, 0.5) is 11.6 Å². The molecule has 2 N–H and O–H groups in total. The summed E-state index contributed by atoms with van der Waals surface area (Å²) >= 11 is 12.2. The maximum absolute atomic E-state index is 13.5. The number of para-hydroxylation sites is 1. The topological polar surface area (TPSA) is 81.1 Å². The van der Waals surface area contributed by atoms with Gasteiger partial charge < -0.3 is 15.4 Å². The van der Waals surface area contributed by atoms with Gasteiger partial charge in [0.15, 0.2) is 0 Å². The Morgan fingerprint density at radius 3 is 2.61 bits per heavy atom. The van der Waals surface area contributed by atoms with Crippen molar-refractivity contribution in [1.29, 1.82) is 0 Å². The molecule has 1 aromatic heterocycles. The summed E-state index contributed by atoms with van der Waals surface area (Å²) in [4.78, 5) is 17.8. The Bertz CT molecular complexity index is 1460. The summed E-state index contributed by atoms with van der Waals surface area (Å²) in [6.07, 6.45) is 1.47. The van der Waals surface area contributed by atoms with E-state index in [4.69, 9.17) is 27.9 Å². The number of carbonyl (C=O) groups is 1. The van der Waals surface area contributed by atoms with Crippen LogP contribution >= 0.6 is 23.2 Å². The van der Waals surface area contributed by atoms with Crippen LogP contribution in [0.15, 0.2) is 84.3 Å². The predicted octanol–water partition coefficient (Wildman–Crippen LogP) is 6.40. The zero-order valence-corrected chi connectivity index (χ0v) is 21.1. The van der Waals surface area contributed by atoms with Gasteiger partial charge in [0.25, 0.3) is 5.91 Å². The highest BCUT2D eigenvalue weighted by atomic mass is 35.5. The largest absolute Gasteiger partial charge is 0.489 e. The van der Waals surface area contributed by atoms with Gasteiger partial charge in [0.2, 0.25) is 5.95 Å². The van der Waals surface area contributed by atoms with E-state index in [1.54, 1.807) is 16.8 Å². The molecular weight excluding hydrogens is 497 g/mol. The van der Waals surface area contributed by atoms with E-state index in [2.05, 4.69) is 20.7 Å². The van der Waals surface area contributed by atoms with Crippen molar-refractivity contribution in [3.63, 3.8) is 0 Å². The first-order valence-corrected chi connectivity index (χ1v) is 12.1. The number of allylic oxidation sites excluding steroid dienone is 1. The number of aromatic nitrogens is 3. The summed E-state index contributed by atoms with van der Waals surface area (Å²) in [5.74, 6) is 1.03. The number of fused-ring (bicyclic) bond motifs is 1.